The third-order valence-corrected chi connectivity index (χ3v) is 5.72. The van der Waals surface area contributed by atoms with Crippen LogP contribution in [-0.2, 0) is 16.0 Å². The fraction of sp³-hybridized carbons (Fsp3) is 0.727. The standard InChI is InChI=1S/C22H38N6O2/c1-3-27-10-12-28(13-11-27)21-16-19(7-9-24-21)17-26-22(23-2)25-8-5-14-29-18-20-6-4-15-30-20/h7,9,16,20H,3-6,8,10-15,17-18H2,1-2H3,(H2,23,25,26). The summed E-state index contributed by atoms with van der Waals surface area (Å²) >= 11 is 0. The molecule has 1 atom stereocenters. The molecule has 8 nitrogen and oxygen atoms in total. The van der Waals surface area contributed by atoms with Crippen LogP contribution in [0.3, 0.4) is 0 Å². The first-order valence-corrected chi connectivity index (χ1v) is 11.3. The Morgan fingerprint density at radius 2 is 2.17 bits per heavy atom. The van der Waals surface area contributed by atoms with Crippen molar-refractivity contribution in [3.8, 4) is 0 Å². The van der Waals surface area contributed by atoms with Crippen molar-refractivity contribution in [3.63, 3.8) is 0 Å². The normalized spacial score (nSPS) is 20.5. The third kappa shape index (κ3) is 7.41. The molecule has 0 aromatic carbocycles. The SMILES string of the molecule is CCN1CCN(c2cc(CNC(=NC)NCCCOCC3CCCO3)ccn2)CC1. The number of guanidine groups is 1. The van der Waals surface area contributed by atoms with Gasteiger partial charge in [0.05, 0.1) is 12.7 Å². The molecular formula is C22H38N6O2. The number of nitrogens with one attached hydrogen (secondary N) is 2. The largest absolute Gasteiger partial charge is 0.379 e. The minimum Gasteiger partial charge on any atom is -0.379 e. The van der Waals surface area contributed by atoms with Crippen LogP contribution in [0, 0.1) is 0 Å². The molecule has 2 saturated heterocycles. The molecule has 168 valence electrons. The van der Waals surface area contributed by atoms with E-state index in [1.807, 2.05) is 6.20 Å². The van der Waals surface area contributed by atoms with Crippen molar-refractivity contribution in [2.24, 2.45) is 4.99 Å². The quantitative estimate of drug-likeness (QED) is 0.339. The lowest BCUT2D eigenvalue weighted by Gasteiger charge is -2.34. The molecule has 3 heterocycles. The van der Waals surface area contributed by atoms with Crippen molar-refractivity contribution in [2.75, 3.05) is 71.0 Å². The molecule has 2 fully saturated rings. The van der Waals surface area contributed by atoms with Crippen molar-refractivity contribution in [1.82, 2.24) is 20.5 Å². The van der Waals surface area contributed by atoms with Crippen LogP contribution in [0.15, 0.2) is 23.3 Å². The molecule has 1 aromatic heterocycles. The summed E-state index contributed by atoms with van der Waals surface area (Å²) in [6, 6.07) is 4.24. The van der Waals surface area contributed by atoms with E-state index in [0.717, 1.165) is 90.1 Å². The fourth-order valence-corrected chi connectivity index (χ4v) is 3.81. The lowest BCUT2D eigenvalue weighted by atomic mass is 10.2. The number of ether oxygens (including phenoxy) is 2. The number of pyridine rings is 1. The maximum absolute atomic E-state index is 5.71. The van der Waals surface area contributed by atoms with Gasteiger partial charge in [0.25, 0.3) is 0 Å². The highest BCUT2D eigenvalue weighted by atomic mass is 16.5. The van der Waals surface area contributed by atoms with Crippen LogP contribution < -0.4 is 15.5 Å². The zero-order valence-electron chi connectivity index (χ0n) is 18.6. The van der Waals surface area contributed by atoms with Crippen molar-refractivity contribution in [3.05, 3.63) is 23.9 Å². The molecule has 0 amide bonds. The minimum absolute atomic E-state index is 0.299. The molecule has 2 N–H and O–H groups in total. The maximum atomic E-state index is 5.71. The molecule has 0 saturated carbocycles. The van der Waals surface area contributed by atoms with Crippen molar-refractivity contribution >= 4 is 11.8 Å². The molecule has 30 heavy (non-hydrogen) atoms. The highest BCUT2D eigenvalue weighted by molar-refractivity contribution is 5.79. The van der Waals surface area contributed by atoms with Gasteiger partial charge in [0.1, 0.15) is 5.82 Å². The van der Waals surface area contributed by atoms with Gasteiger partial charge in [-0.05, 0) is 43.5 Å². The lowest BCUT2D eigenvalue weighted by Crippen LogP contribution is -2.46. The van der Waals surface area contributed by atoms with E-state index in [0.29, 0.717) is 12.7 Å². The molecule has 2 aliphatic heterocycles. The van der Waals surface area contributed by atoms with Crippen LogP contribution in [-0.4, -0.2) is 88.1 Å². The molecule has 8 heteroatoms. The summed E-state index contributed by atoms with van der Waals surface area (Å²) in [7, 11) is 1.80. The summed E-state index contributed by atoms with van der Waals surface area (Å²) in [5.74, 6) is 1.88. The maximum Gasteiger partial charge on any atom is 0.191 e. The van der Waals surface area contributed by atoms with Gasteiger partial charge in [-0.25, -0.2) is 4.98 Å². The van der Waals surface area contributed by atoms with Gasteiger partial charge in [-0.3, -0.25) is 4.99 Å². The zero-order valence-corrected chi connectivity index (χ0v) is 18.6. The number of nitrogens with zero attached hydrogens (tertiary/aromatic N) is 4. The summed E-state index contributed by atoms with van der Waals surface area (Å²) in [5, 5.41) is 6.74. The summed E-state index contributed by atoms with van der Waals surface area (Å²) in [6.07, 6.45) is 5.43. The van der Waals surface area contributed by atoms with Crippen LogP contribution in [0.2, 0.25) is 0 Å². The summed E-state index contributed by atoms with van der Waals surface area (Å²) in [6.45, 7) is 11.5. The molecule has 0 spiro atoms. The highest BCUT2D eigenvalue weighted by Crippen LogP contribution is 2.15. The number of rotatable bonds is 10. The predicted molar refractivity (Wildman–Crippen MR) is 121 cm³/mol. The van der Waals surface area contributed by atoms with Crippen molar-refractivity contribution < 1.29 is 9.47 Å². The summed E-state index contributed by atoms with van der Waals surface area (Å²) < 4.78 is 11.3. The van der Waals surface area contributed by atoms with E-state index in [2.05, 4.69) is 49.5 Å². The second-order valence-corrected chi connectivity index (χ2v) is 7.86. The minimum atomic E-state index is 0.299. The Morgan fingerprint density at radius 1 is 1.30 bits per heavy atom. The van der Waals surface area contributed by atoms with Gasteiger partial charge in [-0.15, -0.1) is 0 Å². The van der Waals surface area contributed by atoms with E-state index >= 15 is 0 Å². The summed E-state index contributed by atoms with van der Waals surface area (Å²) in [5.41, 5.74) is 1.21. The van der Waals surface area contributed by atoms with Gasteiger partial charge < -0.3 is 29.9 Å². The Hall–Kier alpha value is -1.90. The van der Waals surface area contributed by atoms with Crippen LogP contribution in [0.25, 0.3) is 0 Å². The molecule has 1 unspecified atom stereocenters. The highest BCUT2D eigenvalue weighted by Gasteiger charge is 2.17. The number of likely N-dealkylation sites (N-methyl/N-ethyl adjacent to an activating group) is 1. The van der Waals surface area contributed by atoms with E-state index in [1.165, 1.54) is 5.56 Å². The lowest BCUT2D eigenvalue weighted by molar-refractivity contribution is 0.0168. The Kier molecular flexibility index (Phi) is 9.66. The van der Waals surface area contributed by atoms with Crippen molar-refractivity contribution in [2.45, 2.75) is 38.8 Å². The van der Waals surface area contributed by atoms with Crippen LogP contribution in [0.4, 0.5) is 5.82 Å². The molecule has 3 rings (SSSR count). The first kappa shape index (κ1) is 22.8. The Morgan fingerprint density at radius 3 is 2.90 bits per heavy atom. The Labute approximate surface area is 181 Å². The molecule has 2 aliphatic rings. The zero-order chi connectivity index (χ0) is 21.0. The monoisotopic (exact) mass is 418 g/mol. The van der Waals surface area contributed by atoms with Crippen LogP contribution in [0.1, 0.15) is 31.7 Å². The Balaban J connectivity index is 1.33. The molecule has 0 bridgehead atoms. The molecular weight excluding hydrogens is 380 g/mol. The van der Waals surface area contributed by atoms with Crippen molar-refractivity contribution in [1.29, 1.82) is 0 Å². The van der Waals surface area contributed by atoms with E-state index in [4.69, 9.17) is 9.47 Å². The van der Waals surface area contributed by atoms with Gasteiger partial charge in [0, 0.05) is 65.7 Å². The fourth-order valence-electron chi connectivity index (χ4n) is 3.81. The summed E-state index contributed by atoms with van der Waals surface area (Å²) in [4.78, 5) is 13.7. The van der Waals surface area contributed by atoms with Crippen LogP contribution in [0.5, 0.6) is 0 Å². The van der Waals surface area contributed by atoms with E-state index in [-0.39, 0.29) is 0 Å². The van der Waals surface area contributed by atoms with E-state index in [9.17, 15) is 0 Å². The van der Waals surface area contributed by atoms with E-state index < -0.39 is 0 Å². The smallest absolute Gasteiger partial charge is 0.191 e. The molecule has 0 aliphatic carbocycles. The predicted octanol–water partition coefficient (Wildman–Crippen LogP) is 1.47. The van der Waals surface area contributed by atoms with E-state index in [1.54, 1.807) is 7.05 Å². The van der Waals surface area contributed by atoms with Crippen LogP contribution >= 0.6 is 0 Å². The first-order chi connectivity index (χ1) is 14.8. The van der Waals surface area contributed by atoms with Gasteiger partial charge >= 0.3 is 0 Å². The number of anilines is 1. The van der Waals surface area contributed by atoms with Gasteiger partial charge in [0.15, 0.2) is 5.96 Å². The number of aliphatic imine (C=N–C) groups is 1. The second-order valence-electron chi connectivity index (χ2n) is 7.86. The topological polar surface area (TPSA) is 74.2 Å². The number of hydrogen-bond donors (Lipinski definition) is 2. The number of aromatic nitrogens is 1. The van der Waals surface area contributed by atoms with Gasteiger partial charge in [-0.1, -0.05) is 6.92 Å². The molecule has 1 aromatic rings. The van der Waals surface area contributed by atoms with Gasteiger partial charge in [0.2, 0.25) is 0 Å². The number of piperazine rings is 1. The first-order valence-electron chi connectivity index (χ1n) is 11.3. The number of hydrogen-bond acceptors (Lipinski definition) is 6. The third-order valence-electron chi connectivity index (χ3n) is 5.72. The molecule has 0 radical (unpaired) electrons. The second kappa shape index (κ2) is 12.7. The average molecular weight is 419 g/mol. The average Bonchev–Trinajstić information content (AvgIpc) is 3.32. The van der Waals surface area contributed by atoms with Gasteiger partial charge in [-0.2, -0.15) is 0 Å². The Bertz CT molecular complexity index is 642.